The van der Waals surface area contributed by atoms with Crippen molar-refractivity contribution < 1.29 is 27.5 Å². The Morgan fingerprint density at radius 2 is 1.60 bits per heavy atom. The summed E-state index contributed by atoms with van der Waals surface area (Å²) in [5, 5.41) is 3.05. The molecule has 2 atom stereocenters. The van der Waals surface area contributed by atoms with E-state index in [2.05, 4.69) is 5.32 Å². The molecule has 0 fully saturated rings. The van der Waals surface area contributed by atoms with Crippen LogP contribution in [0, 0.1) is 6.92 Å². The highest BCUT2D eigenvalue weighted by Gasteiger charge is 2.34. The van der Waals surface area contributed by atoms with Gasteiger partial charge in [0.05, 0.1) is 11.4 Å². The molecule has 0 saturated carbocycles. The fourth-order valence-electron chi connectivity index (χ4n) is 4.91. The number of hydrogen-bond acceptors (Lipinski definition) is 6. The zero-order chi connectivity index (χ0) is 31.0. The van der Waals surface area contributed by atoms with Crippen LogP contribution in [0.2, 0.25) is 0 Å². The second-order valence-corrected chi connectivity index (χ2v) is 13.0. The molecule has 3 aromatic carbocycles. The van der Waals surface area contributed by atoms with Gasteiger partial charge in [-0.3, -0.25) is 13.9 Å². The number of sulfonamides is 1. The Kier molecular flexibility index (Phi) is 10.7. The van der Waals surface area contributed by atoms with Crippen molar-refractivity contribution >= 4 is 27.5 Å². The highest BCUT2D eigenvalue weighted by atomic mass is 32.2. The van der Waals surface area contributed by atoms with E-state index in [0.29, 0.717) is 30.4 Å². The number of carbonyl (C=O) groups is 2. The van der Waals surface area contributed by atoms with Crippen LogP contribution in [-0.4, -0.2) is 62.7 Å². The molecule has 0 radical (unpaired) electrons. The molecular formula is C33H41N3O6S. The quantitative estimate of drug-likeness (QED) is 0.307. The topological polar surface area (TPSA) is 105 Å². The lowest BCUT2D eigenvalue weighted by Gasteiger charge is -2.34. The molecule has 0 aromatic heterocycles. The Balaban J connectivity index is 1.75. The number of anilines is 1. The predicted molar refractivity (Wildman–Crippen MR) is 168 cm³/mol. The Morgan fingerprint density at radius 1 is 0.907 bits per heavy atom. The molecule has 4 rings (SSSR count). The van der Waals surface area contributed by atoms with Crippen molar-refractivity contribution in [3.63, 3.8) is 0 Å². The van der Waals surface area contributed by atoms with Gasteiger partial charge >= 0.3 is 0 Å². The number of aryl methyl sites for hydroxylation is 1. The Labute approximate surface area is 254 Å². The first-order chi connectivity index (χ1) is 20.6. The molecule has 1 aliphatic rings. The second kappa shape index (κ2) is 14.4. The minimum Gasteiger partial charge on any atom is -0.486 e. The van der Waals surface area contributed by atoms with Crippen molar-refractivity contribution in [2.75, 3.05) is 29.8 Å². The Hall–Kier alpha value is -4.05. The van der Waals surface area contributed by atoms with Crippen LogP contribution >= 0.6 is 0 Å². The van der Waals surface area contributed by atoms with Gasteiger partial charge in [-0.1, -0.05) is 67.1 Å². The molecule has 0 aliphatic carbocycles. The average Bonchev–Trinajstić information content (AvgIpc) is 3.01. The summed E-state index contributed by atoms with van der Waals surface area (Å²) in [7, 11) is -3.89. The summed E-state index contributed by atoms with van der Waals surface area (Å²) in [6, 6.07) is 21.1. The van der Waals surface area contributed by atoms with Crippen LogP contribution in [-0.2, 0) is 32.6 Å². The Morgan fingerprint density at radius 3 is 2.28 bits per heavy atom. The van der Waals surface area contributed by atoms with Gasteiger partial charge in [-0.25, -0.2) is 8.42 Å². The molecule has 2 amide bonds. The number of nitrogens with one attached hydrogen (secondary N) is 1. The molecule has 3 aromatic rings. The number of nitrogens with zero attached hydrogens (tertiary/aromatic N) is 2. The second-order valence-electron chi connectivity index (χ2n) is 10.8. The monoisotopic (exact) mass is 607 g/mol. The van der Waals surface area contributed by atoms with E-state index >= 15 is 0 Å². The smallest absolute Gasteiger partial charge is 0.244 e. The summed E-state index contributed by atoms with van der Waals surface area (Å²) in [6.45, 7) is 7.78. The number of amides is 2. The van der Waals surface area contributed by atoms with Gasteiger partial charge in [-0.05, 0) is 50.5 Å². The molecule has 0 spiro atoms. The third-order valence-corrected chi connectivity index (χ3v) is 9.24. The molecule has 1 N–H and O–H groups in total. The number of rotatable bonds is 13. The maximum atomic E-state index is 14.3. The first-order valence-electron chi connectivity index (χ1n) is 14.7. The van der Waals surface area contributed by atoms with Crippen LogP contribution in [0.5, 0.6) is 11.5 Å². The SMILES string of the molecule is CC[C@H](C)NC(=O)[C@@H](Cc1ccccc1)N(Cc1cccc(C)c1)C(=O)CN(c1ccc2c(c1)OCCO2)S(=O)(=O)CC. The van der Waals surface area contributed by atoms with Gasteiger partial charge in [0, 0.05) is 25.1 Å². The maximum absolute atomic E-state index is 14.3. The summed E-state index contributed by atoms with van der Waals surface area (Å²) in [5.41, 5.74) is 3.03. The minimum atomic E-state index is -3.89. The number of ether oxygens (including phenoxy) is 2. The average molecular weight is 608 g/mol. The molecule has 1 aliphatic heterocycles. The third kappa shape index (κ3) is 8.28. The third-order valence-electron chi connectivity index (χ3n) is 7.50. The van der Waals surface area contributed by atoms with Crippen LogP contribution in [0.15, 0.2) is 72.8 Å². The zero-order valence-corrected chi connectivity index (χ0v) is 26.1. The summed E-state index contributed by atoms with van der Waals surface area (Å²) >= 11 is 0. The summed E-state index contributed by atoms with van der Waals surface area (Å²) < 4.78 is 39.2. The van der Waals surface area contributed by atoms with Crippen molar-refractivity contribution in [3.05, 3.63) is 89.5 Å². The van der Waals surface area contributed by atoms with Crippen LogP contribution in [0.25, 0.3) is 0 Å². The summed E-state index contributed by atoms with van der Waals surface area (Å²) in [5.74, 6) is -0.0638. The van der Waals surface area contributed by atoms with Crippen LogP contribution in [0.4, 0.5) is 5.69 Å². The van der Waals surface area contributed by atoms with E-state index in [4.69, 9.17) is 9.47 Å². The van der Waals surface area contributed by atoms with Crippen molar-refractivity contribution in [3.8, 4) is 11.5 Å². The first-order valence-corrected chi connectivity index (χ1v) is 16.3. The van der Waals surface area contributed by atoms with Gasteiger partial charge < -0.3 is 19.7 Å². The van der Waals surface area contributed by atoms with Gasteiger partial charge in [-0.2, -0.15) is 0 Å². The minimum absolute atomic E-state index is 0.101. The standard InChI is InChI=1S/C33H41N3O6S/c1-5-25(4)34-33(38)29(20-26-12-8-7-9-13-26)35(22-27-14-10-11-24(3)19-27)32(37)23-36(43(39,40)6-2)28-15-16-30-31(21-28)42-18-17-41-30/h7-16,19,21,25,29H,5-6,17-18,20,22-23H2,1-4H3,(H,34,38)/t25-,29+/m0/s1. The highest BCUT2D eigenvalue weighted by molar-refractivity contribution is 7.92. The molecule has 1 heterocycles. The number of carbonyl (C=O) groups excluding carboxylic acids is 2. The molecule has 10 heteroatoms. The molecular weight excluding hydrogens is 566 g/mol. The van der Waals surface area contributed by atoms with Gasteiger partial charge in [-0.15, -0.1) is 0 Å². The van der Waals surface area contributed by atoms with E-state index < -0.39 is 28.5 Å². The number of hydrogen-bond donors (Lipinski definition) is 1. The van der Waals surface area contributed by atoms with E-state index in [0.717, 1.165) is 27.4 Å². The molecule has 9 nitrogen and oxygen atoms in total. The summed E-state index contributed by atoms with van der Waals surface area (Å²) in [4.78, 5) is 29.7. The van der Waals surface area contributed by atoms with Gasteiger partial charge in [0.25, 0.3) is 0 Å². The van der Waals surface area contributed by atoms with Crippen LogP contribution in [0.3, 0.4) is 0 Å². The highest BCUT2D eigenvalue weighted by Crippen LogP contribution is 2.35. The van der Waals surface area contributed by atoms with E-state index in [1.807, 2.05) is 75.4 Å². The molecule has 0 unspecified atom stereocenters. The van der Waals surface area contributed by atoms with Gasteiger partial charge in [0.15, 0.2) is 11.5 Å². The summed E-state index contributed by atoms with van der Waals surface area (Å²) in [6.07, 6.45) is 0.994. The van der Waals surface area contributed by atoms with Crippen molar-refractivity contribution in [2.45, 2.75) is 59.2 Å². The van der Waals surface area contributed by atoms with E-state index in [1.165, 1.54) is 11.8 Å². The lowest BCUT2D eigenvalue weighted by molar-refractivity contribution is -0.140. The van der Waals surface area contributed by atoms with Crippen LogP contribution < -0.4 is 19.1 Å². The lowest BCUT2D eigenvalue weighted by Crippen LogP contribution is -2.54. The van der Waals surface area contributed by atoms with Crippen LogP contribution in [0.1, 0.15) is 43.9 Å². The van der Waals surface area contributed by atoms with E-state index in [-0.39, 0.29) is 30.7 Å². The maximum Gasteiger partial charge on any atom is 0.244 e. The van der Waals surface area contributed by atoms with Crippen molar-refractivity contribution in [1.29, 1.82) is 0 Å². The van der Waals surface area contributed by atoms with Crippen molar-refractivity contribution in [1.82, 2.24) is 10.2 Å². The molecule has 230 valence electrons. The Bertz CT molecular complexity index is 1510. The first kappa shape index (κ1) is 31.9. The fourth-order valence-corrected chi connectivity index (χ4v) is 5.96. The lowest BCUT2D eigenvalue weighted by atomic mass is 10.0. The normalized spacial score (nSPS) is 14.0. The van der Waals surface area contributed by atoms with E-state index in [9.17, 15) is 18.0 Å². The number of benzene rings is 3. The zero-order valence-electron chi connectivity index (χ0n) is 25.3. The van der Waals surface area contributed by atoms with Gasteiger partial charge in [0.1, 0.15) is 25.8 Å². The molecule has 43 heavy (non-hydrogen) atoms. The van der Waals surface area contributed by atoms with E-state index in [1.54, 1.807) is 18.2 Å². The van der Waals surface area contributed by atoms with Gasteiger partial charge in [0.2, 0.25) is 21.8 Å². The molecule has 0 bridgehead atoms. The fraction of sp³-hybridized carbons (Fsp3) is 0.394. The largest absolute Gasteiger partial charge is 0.486 e. The predicted octanol–water partition coefficient (Wildman–Crippen LogP) is 4.48. The number of fused-ring (bicyclic) bond motifs is 1. The molecule has 0 saturated heterocycles. The van der Waals surface area contributed by atoms with Crippen molar-refractivity contribution in [2.24, 2.45) is 0 Å².